The second-order valence-electron chi connectivity index (χ2n) is 3.23. The summed E-state index contributed by atoms with van der Waals surface area (Å²) in [7, 11) is 0. The predicted molar refractivity (Wildman–Crippen MR) is 63.7 cm³/mol. The van der Waals surface area contributed by atoms with E-state index in [0.717, 1.165) is 5.56 Å². The number of ether oxygens (including phenoxy) is 1. The zero-order chi connectivity index (χ0) is 11.4. The fraction of sp³-hybridized carbons (Fsp3) is 0.0833. The van der Waals surface area contributed by atoms with Crippen LogP contribution in [0.5, 0.6) is 11.6 Å². The normalized spacial score (nSPS) is 10.1. The molecule has 0 fully saturated rings. The van der Waals surface area contributed by atoms with E-state index in [-0.39, 0.29) is 0 Å². The first-order chi connectivity index (χ1) is 7.79. The summed E-state index contributed by atoms with van der Waals surface area (Å²) in [5, 5.41) is 0.674. The van der Waals surface area contributed by atoms with Crippen molar-refractivity contribution in [1.29, 1.82) is 0 Å². The van der Waals surface area contributed by atoms with Gasteiger partial charge in [0.1, 0.15) is 5.75 Å². The zero-order valence-corrected chi connectivity index (χ0v) is 9.32. The van der Waals surface area contributed by atoms with Crippen molar-refractivity contribution in [2.24, 2.45) is 5.73 Å². The van der Waals surface area contributed by atoms with Crippen molar-refractivity contribution in [3.8, 4) is 11.6 Å². The average molecular weight is 235 g/mol. The van der Waals surface area contributed by atoms with E-state index in [2.05, 4.69) is 4.98 Å². The van der Waals surface area contributed by atoms with Crippen LogP contribution in [0.15, 0.2) is 42.6 Å². The summed E-state index contributed by atoms with van der Waals surface area (Å²) in [4.78, 5) is 4.13. The Morgan fingerprint density at radius 3 is 2.62 bits per heavy atom. The van der Waals surface area contributed by atoms with E-state index in [1.54, 1.807) is 30.5 Å². The molecule has 1 aromatic heterocycles. The first kappa shape index (κ1) is 10.9. The minimum Gasteiger partial charge on any atom is -0.439 e. The zero-order valence-electron chi connectivity index (χ0n) is 8.56. The number of nitrogens with two attached hydrogens (primary N) is 1. The molecule has 0 saturated carbocycles. The van der Waals surface area contributed by atoms with Crippen LogP contribution in [0, 0.1) is 0 Å². The highest BCUT2D eigenvalue weighted by atomic mass is 35.5. The summed E-state index contributed by atoms with van der Waals surface area (Å²) in [6.45, 7) is 0.400. The fourth-order valence-electron chi connectivity index (χ4n) is 1.29. The van der Waals surface area contributed by atoms with Gasteiger partial charge in [0.25, 0.3) is 0 Å². The molecule has 0 saturated heterocycles. The molecule has 0 spiro atoms. The number of halogens is 1. The van der Waals surface area contributed by atoms with Gasteiger partial charge in [-0.15, -0.1) is 0 Å². The minimum atomic E-state index is 0.400. The maximum atomic E-state index is 5.78. The van der Waals surface area contributed by atoms with Crippen molar-refractivity contribution in [2.45, 2.75) is 6.54 Å². The molecule has 82 valence electrons. The van der Waals surface area contributed by atoms with Crippen molar-refractivity contribution >= 4 is 11.6 Å². The number of pyridine rings is 1. The molecule has 0 amide bonds. The van der Waals surface area contributed by atoms with Crippen LogP contribution < -0.4 is 10.5 Å². The molecule has 1 heterocycles. The van der Waals surface area contributed by atoms with Gasteiger partial charge in [0, 0.05) is 23.3 Å². The van der Waals surface area contributed by atoms with E-state index < -0.39 is 0 Å². The number of hydrogen-bond donors (Lipinski definition) is 1. The van der Waals surface area contributed by atoms with Crippen LogP contribution in [0.1, 0.15) is 5.56 Å². The van der Waals surface area contributed by atoms with E-state index in [4.69, 9.17) is 22.1 Å². The molecule has 16 heavy (non-hydrogen) atoms. The lowest BCUT2D eigenvalue weighted by Gasteiger charge is -2.07. The first-order valence-corrected chi connectivity index (χ1v) is 5.25. The second-order valence-corrected chi connectivity index (χ2v) is 3.66. The van der Waals surface area contributed by atoms with Gasteiger partial charge in [0.05, 0.1) is 0 Å². The van der Waals surface area contributed by atoms with Gasteiger partial charge in [-0.25, -0.2) is 4.98 Å². The van der Waals surface area contributed by atoms with E-state index >= 15 is 0 Å². The molecule has 2 rings (SSSR count). The Labute approximate surface area is 98.8 Å². The van der Waals surface area contributed by atoms with Gasteiger partial charge in [-0.3, -0.25) is 0 Å². The van der Waals surface area contributed by atoms with Gasteiger partial charge >= 0.3 is 0 Å². The third-order valence-corrected chi connectivity index (χ3v) is 2.35. The molecule has 1 aromatic carbocycles. The van der Waals surface area contributed by atoms with Crippen LogP contribution in [-0.2, 0) is 6.54 Å². The van der Waals surface area contributed by atoms with Crippen molar-refractivity contribution in [1.82, 2.24) is 4.98 Å². The summed E-state index contributed by atoms with van der Waals surface area (Å²) in [5.74, 6) is 1.23. The molecule has 0 unspecified atom stereocenters. The second kappa shape index (κ2) is 4.96. The molecular formula is C12H11ClN2O. The van der Waals surface area contributed by atoms with Crippen LogP contribution in [0.25, 0.3) is 0 Å². The van der Waals surface area contributed by atoms with Crippen LogP contribution in [0.3, 0.4) is 0 Å². The molecule has 0 bridgehead atoms. The predicted octanol–water partition coefficient (Wildman–Crippen LogP) is 2.99. The molecule has 2 aromatic rings. The van der Waals surface area contributed by atoms with Gasteiger partial charge in [0.2, 0.25) is 5.88 Å². The van der Waals surface area contributed by atoms with Gasteiger partial charge in [-0.05, 0) is 30.3 Å². The highest BCUT2D eigenvalue weighted by molar-refractivity contribution is 6.30. The molecule has 0 radical (unpaired) electrons. The van der Waals surface area contributed by atoms with E-state index in [1.165, 1.54) is 0 Å². The molecule has 4 heteroatoms. The van der Waals surface area contributed by atoms with Gasteiger partial charge in [-0.1, -0.05) is 17.7 Å². The van der Waals surface area contributed by atoms with Crippen molar-refractivity contribution in [3.63, 3.8) is 0 Å². The summed E-state index contributed by atoms with van der Waals surface area (Å²) in [6.07, 6.45) is 1.67. The summed E-state index contributed by atoms with van der Waals surface area (Å²) >= 11 is 5.78. The number of nitrogens with zero attached hydrogens (tertiary/aromatic N) is 1. The molecule has 0 aliphatic rings. The van der Waals surface area contributed by atoms with E-state index in [0.29, 0.717) is 23.2 Å². The first-order valence-electron chi connectivity index (χ1n) is 4.87. The highest BCUT2D eigenvalue weighted by Gasteiger charge is 2.03. The Kier molecular flexibility index (Phi) is 3.39. The maximum absolute atomic E-state index is 5.78. The van der Waals surface area contributed by atoms with Gasteiger partial charge < -0.3 is 10.5 Å². The van der Waals surface area contributed by atoms with Crippen LogP contribution in [-0.4, -0.2) is 4.98 Å². The highest BCUT2D eigenvalue weighted by Crippen LogP contribution is 2.23. The summed E-state index contributed by atoms with van der Waals surface area (Å²) < 4.78 is 5.61. The molecule has 0 aliphatic carbocycles. The van der Waals surface area contributed by atoms with Crippen molar-refractivity contribution in [3.05, 3.63) is 53.2 Å². The Bertz CT molecular complexity index is 471. The van der Waals surface area contributed by atoms with Crippen LogP contribution in [0.4, 0.5) is 0 Å². The topological polar surface area (TPSA) is 48.1 Å². The van der Waals surface area contributed by atoms with Gasteiger partial charge in [0.15, 0.2) is 0 Å². The summed E-state index contributed by atoms with van der Waals surface area (Å²) in [6, 6.07) is 10.8. The average Bonchev–Trinajstić information content (AvgIpc) is 2.33. The third-order valence-electron chi connectivity index (χ3n) is 2.10. The summed E-state index contributed by atoms with van der Waals surface area (Å²) in [5.41, 5.74) is 6.46. The maximum Gasteiger partial charge on any atom is 0.223 e. The quantitative estimate of drug-likeness (QED) is 0.888. The number of aromatic nitrogens is 1. The Morgan fingerprint density at radius 1 is 1.19 bits per heavy atom. The largest absolute Gasteiger partial charge is 0.439 e. The molecule has 3 nitrogen and oxygen atoms in total. The lowest BCUT2D eigenvalue weighted by molar-refractivity contribution is 0.456. The molecule has 2 N–H and O–H groups in total. The molecular weight excluding hydrogens is 224 g/mol. The third kappa shape index (κ3) is 2.51. The lowest BCUT2D eigenvalue weighted by atomic mass is 10.3. The number of benzene rings is 1. The Hall–Kier alpha value is -1.58. The molecule has 0 aliphatic heterocycles. The monoisotopic (exact) mass is 234 g/mol. The number of hydrogen-bond acceptors (Lipinski definition) is 3. The SMILES string of the molecule is NCc1cccnc1Oc1ccc(Cl)cc1. The smallest absolute Gasteiger partial charge is 0.223 e. The Morgan fingerprint density at radius 2 is 1.94 bits per heavy atom. The lowest BCUT2D eigenvalue weighted by Crippen LogP contribution is -2.00. The van der Waals surface area contributed by atoms with E-state index in [1.807, 2.05) is 12.1 Å². The van der Waals surface area contributed by atoms with E-state index in [9.17, 15) is 0 Å². The standard InChI is InChI=1S/C12H11ClN2O/c13-10-3-5-11(6-4-10)16-12-9(8-14)2-1-7-15-12/h1-7H,8,14H2. The molecule has 0 atom stereocenters. The number of rotatable bonds is 3. The minimum absolute atomic E-state index is 0.400. The van der Waals surface area contributed by atoms with Crippen molar-refractivity contribution < 1.29 is 4.74 Å². The van der Waals surface area contributed by atoms with Crippen LogP contribution >= 0.6 is 11.6 Å². The van der Waals surface area contributed by atoms with Gasteiger partial charge in [-0.2, -0.15) is 0 Å². The fourth-order valence-corrected chi connectivity index (χ4v) is 1.41. The Balaban J connectivity index is 2.23. The van der Waals surface area contributed by atoms with Crippen LogP contribution in [0.2, 0.25) is 5.02 Å². The van der Waals surface area contributed by atoms with Crippen molar-refractivity contribution in [2.75, 3.05) is 0 Å².